The van der Waals surface area contributed by atoms with Crippen LogP contribution in [-0.2, 0) is 42.8 Å². The number of sulfonamides is 1. The summed E-state index contributed by atoms with van der Waals surface area (Å²) in [5, 5.41) is 0. The predicted octanol–water partition coefficient (Wildman–Crippen LogP) is 5.52. The molecule has 33 heavy (non-hydrogen) atoms. The van der Waals surface area contributed by atoms with E-state index < -0.39 is 58.3 Å². The molecule has 0 spiro atoms. The first-order valence-electron chi connectivity index (χ1n) is 9.89. The monoisotopic (exact) mass is 493 g/mol. The molecule has 0 fully saturated rings. The van der Waals surface area contributed by atoms with Gasteiger partial charge in [-0.2, -0.15) is 13.2 Å². The Labute approximate surface area is 186 Å². The maximum absolute atomic E-state index is 13.6. The van der Waals surface area contributed by atoms with Crippen LogP contribution in [0.25, 0.3) is 11.0 Å². The number of aryl methyl sites for hydroxylation is 1. The quantitative estimate of drug-likeness (QED) is 0.420. The van der Waals surface area contributed by atoms with E-state index in [1.807, 2.05) is 0 Å². The summed E-state index contributed by atoms with van der Waals surface area (Å²) in [7, 11) is -4.41. The van der Waals surface area contributed by atoms with E-state index in [0.717, 1.165) is 24.3 Å². The fourth-order valence-corrected chi connectivity index (χ4v) is 5.19. The highest BCUT2D eigenvalue weighted by molar-refractivity contribution is 7.89. The first-order valence-corrected chi connectivity index (χ1v) is 11.4. The first-order chi connectivity index (χ1) is 15.5. The largest absolute Gasteiger partial charge is 0.416 e. The Balaban J connectivity index is 2.04. The summed E-state index contributed by atoms with van der Waals surface area (Å²) in [4.78, 5) is 3.73. The second-order valence-electron chi connectivity index (χ2n) is 7.34. The van der Waals surface area contributed by atoms with Gasteiger partial charge < -0.3 is 4.57 Å². The number of aromatic nitrogens is 2. The molecule has 0 saturated carbocycles. The zero-order chi connectivity index (χ0) is 24.6. The molecule has 1 aromatic heterocycles. The Morgan fingerprint density at radius 3 is 2.24 bits per heavy atom. The topological polar surface area (TPSA) is 64.0 Å². The van der Waals surface area contributed by atoms with Crippen molar-refractivity contribution >= 4 is 21.1 Å². The van der Waals surface area contributed by atoms with Gasteiger partial charge in [-0.05, 0) is 49.2 Å². The molecule has 3 aromatic rings. The number of imidazole rings is 1. The fourth-order valence-electron chi connectivity index (χ4n) is 3.74. The van der Waals surface area contributed by atoms with E-state index in [1.54, 1.807) is 6.92 Å². The lowest BCUT2D eigenvalue weighted by atomic mass is 10.0. The minimum Gasteiger partial charge on any atom is -0.327 e. The number of benzene rings is 2. The molecule has 0 aliphatic carbocycles. The van der Waals surface area contributed by atoms with Gasteiger partial charge in [-0.3, -0.25) is 0 Å². The van der Waals surface area contributed by atoms with Crippen LogP contribution < -0.4 is 4.72 Å². The highest BCUT2D eigenvalue weighted by Crippen LogP contribution is 2.33. The van der Waals surface area contributed by atoms with Crippen molar-refractivity contribution in [2.24, 2.45) is 0 Å². The molecule has 0 radical (unpaired) electrons. The molecule has 2 aromatic carbocycles. The number of nitrogens with zero attached hydrogens (tertiary/aromatic N) is 2. The van der Waals surface area contributed by atoms with Crippen LogP contribution in [0.4, 0.5) is 26.3 Å². The van der Waals surface area contributed by atoms with Gasteiger partial charge in [0.1, 0.15) is 25.8 Å². The van der Waals surface area contributed by atoms with Gasteiger partial charge in [-0.1, -0.05) is 6.07 Å². The summed E-state index contributed by atoms with van der Waals surface area (Å²) in [6, 6.07) is 4.05. The summed E-state index contributed by atoms with van der Waals surface area (Å²) in [5.41, 5.74) is -1.46. The number of halogens is 6. The van der Waals surface area contributed by atoms with Crippen LogP contribution in [0.3, 0.4) is 0 Å². The van der Waals surface area contributed by atoms with E-state index >= 15 is 0 Å². The van der Waals surface area contributed by atoms with E-state index in [-0.39, 0.29) is 34.5 Å². The summed E-state index contributed by atoms with van der Waals surface area (Å²) in [5.74, 6) is 0.142. The number of alkyl halides is 6. The number of hydrogen-bond donors (Lipinski definition) is 1. The Hall–Kier alpha value is -2.60. The number of rotatable bonds is 8. The Morgan fingerprint density at radius 2 is 1.70 bits per heavy atom. The van der Waals surface area contributed by atoms with Crippen LogP contribution in [0.5, 0.6) is 0 Å². The van der Waals surface area contributed by atoms with E-state index in [1.165, 1.54) is 17.6 Å². The second-order valence-corrected chi connectivity index (χ2v) is 9.02. The molecule has 1 unspecified atom stereocenters. The SMILES string of the molecule is CCn1c(C(C)NS(=O)(=O)c2ccc(CF)c(CF)c2CF)nc2ccc(C(F)(F)F)cc21. The van der Waals surface area contributed by atoms with Crippen molar-refractivity contribution in [1.82, 2.24) is 14.3 Å². The molecular formula is C21H21F6N3O2S. The average Bonchev–Trinajstić information content (AvgIpc) is 3.15. The molecule has 1 heterocycles. The van der Waals surface area contributed by atoms with Gasteiger partial charge in [0.25, 0.3) is 0 Å². The molecule has 12 heteroatoms. The standard InChI is InChI=1S/C21H21F6N3O2S/c1-3-30-18-8-14(21(25,26)27)5-6-17(18)28-20(30)12(2)29-33(31,32)19-7-4-13(9-22)15(10-23)16(19)11-24/h4-8,12,29H,3,9-11H2,1-2H3. The third-order valence-electron chi connectivity index (χ3n) is 5.33. The summed E-state index contributed by atoms with van der Waals surface area (Å²) in [6.07, 6.45) is -4.56. The number of nitrogens with one attached hydrogen (secondary N) is 1. The molecule has 1 atom stereocenters. The van der Waals surface area contributed by atoms with Gasteiger partial charge in [-0.15, -0.1) is 0 Å². The maximum atomic E-state index is 13.6. The third kappa shape index (κ3) is 4.72. The zero-order valence-electron chi connectivity index (χ0n) is 17.7. The van der Waals surface area contributed by atoms with Gasteiger partial charge >= 0.3 is 6.18 Å². The molecule has 5 nitrogen and oxygen atoms in total. The molecule has 0 bridgehead atoms. The highest BCUT2D eigenvalue weighted by Gasteiger charge is 2.32. The smallest absolute Gasteiger partial charge is 0.327 e. The average molecular weight is 493 g/mol. The second kappa shape index (κ2) is 9.34. The normalized spacial score (nSPS) is 13.6. The van der Waals surface area contributed by atoms with Crippen LogP contribution in [0.2, 0.25) is 0 Å². The lowest BCUT2D eigenvalue weighted by Crippen LogP contribution is -2.30. The Kier molecular flexibility index (Phi) is 7.08. The van der Waals surface area contributed by atoms with E-state index in [2.05, 4.69) is 9.71 Å². The maximum Gasteiger partial charge on any atom is 0.416 e. The van der Waals surface area contributed by atoms with Crippen LogP contribution in [-0.4, -0.2) is 18.0 Å². The van der Waals surface area contributed by atoms with Crippen molar-refractivity contribution in [3.05, 3.63) is 58.4 Å². The van der Waals surface area contributed by atoms with Crippen molar-refractivity contribution < 1.29 is 34.8 Å². The van der Waals surface area contributed by atoms with Crippen molar-refractivity contribution in [2.45, 2.75) is 57.5 Å². The molecular weight excluding hydrogens is 472 g/mol. The van der Waals surface area contributed by atoms with Gasteiger partial charge in [-0.25, -0.2) is 31.3 Å². The minimum absolute atomic E-state index is 0.142. The zero-order valence-corrected chi connectivity index (χ0v) is 18.5. The van der Waals surface area contributed by atoms with Crippen molar-refractivity contribution in [2.75, 3.05) is 0 Å². The highest BCUT2D eigenvalue weighted by atomic mass is 32.2. The lowest BCUT2D eigenvalue weighted by Gasteiger charge is -2.18. The van der Waals surface area contributed by atoms with E-state index in [9.17, 15) is 34.8 Å². The van der Waals surface area contributed by atoms with Crippen molar-refractivity contribution in [1.29, 1.82) is 0 Å². The van der Waals surface area contributed by atoms with Crippen LogP contribution >= 0.6 is 0 Å². The van der Waals surface area contributed by atoms with E-state index in [0.29, 0.717) is 0 Å². The Morgan fingerprint density at radius 1 is 1.03 bits per heavy atom. The van der Waals surface area contributed by atoms with Gasteiger partial charge in [0.2, 0.25) is 10.0 Å². The first kappa shape index (κ1) is 25.0. The summed E-state index contributed by atoms with van der Waals surface area (Å²) < 4.78 is 109. The Bertz CT molecular complexity index is 1270. The van der Waals surface area contributed by atoms with E-state index in [4.69, 9.17) is 0 Å². The van der Waals surface area contributed by atoms with Crippen molar-refractivity contribution in [3.8, 4) is 0 Å². The molecule has 1 N–H and O–H groups in total. The lowest BCUT2D eigenvalue weighted by molar-refractivity contribution is -0.137. The summed E-state index contributed by atoms with van der Waals surface area (Å²) >= 11 is 0. The van der Waals surface area contributed by atoms with Crippen molar-refractivity contribution in [3.63, 3.8) is 0 Å². The van der Waals surface area contributed by atoms with Crippen LogP contribution in [0, 0.1) is 0 Å². The third-order valence-corrected chi connectivity index (χ3v) is 6.95. The number of hydrogen-bond acceptors (Lipinski definition) is 3. The van der Waals surface area contributed by atoms with Gasteiger partial charge in [0.05, 0.1) is 27.5 Å². The molecule has 180 valence electrons. The summed E-state index contributed by atoms with van der Waals surface area (Å²) in [6.45, 7) is -0.369. The molecule has 0 saturated heterocycles. The molecule has 0 aliphatic rings. The molecule has 0 amide bonds. The van der Waals surface area contributed by atoms with Crippen LogP contribution in [0.15, 0.2) is 35.2 Å². The molecule has 3 rings (SSSR count). The van der Waals surface area contributed by atoms with Crippen LogP contribution in [0.1, 0.15) is 48.0 Å². The number of fused-ring (bicyclic) bond motifs is 1. The minimum atomic E-state index is -4.56. The van der Waals surface area contributed by atoms with Gasteiger partial charge in [0, 0.05) is 12.1 Å². The fraction of sp³-hybridized carbons (Fsp3) is 0.381. The predicted molar refractivity (Wildman–Crippen MR) is 110 cm³/mol. The van der Waals surface area contributed by atoms with Gasteiger partial charge in [0.15, 0.2) is 0 Å². The molecule has 0 aliphatic heterocycles.